The molecule has 0 saturated carbocycles. The van der Waals surface area contributed by atoms with Gasteiger partial charge in [-0.3, -0.25) is 0 Å². The van der Waals surface area contributed by atoms with Crippen molar-refractivity contribution >= 4 is 23.0 Å². The summed E-state index contributed by atoms with van der Waals surface area (Å²) >= 11 is 5.37. The monoisotopic (exact) mass is 342 g/mol. The Hall–Kier alpha value is -2.07. The molecule has 0 spiro atoms. The van der Waals surface area contributed by atoms with Gasteiger partial charge < -0.3 is 15.4 Å². The quantitative estimate of drug-likeness (QED) is 0.734. The number of nitrogens with one attached hydrogen (secondary N) is 2. The predicted octanol–water partition coefficient (Wildman–Crippen LogP) is 4.87. The number of aryl methyl sites for hydroxylation is 1. The number of ether oxygens (including phenoxy) is 1. The van der Waals surface area contributed by atoms with Crippen LogP contribution in [0.3, 0.4) is 0 Å². The summed E-state index contributed by atoms with van der Waals surface area (Å²) in [5.41, 5.74) is 3.53. The van der Waals surface area contributed by atoms with Crippen LogP contribution in [-0.4, -0.2) is 17.8 Å². The zero-order valence-electron chi connectivity index (χ0n) is 14.8. The molecule has 3 nitrogen and oxygen atoms in total. The largest absolute Gasteiger partial charge is 0.491 e. The fourth-order valence-electron chi connectivity index (χ4n) is 2.24. The molecule has 24 heavy (non-hydrogen) atoms. The molecule has 0 unspecified atom stereocenters. The molecule has 0 aliphatic carbocycles. The Bertz CT molecular complexity index is 650. The molecule has 2 aromatic carbocycles. The van der Waals surface area contributed by atoms with Crippen molar-refractivity contribution in [2.45, 2.75) is 39.7 Å². The number of hydrogen-bond acceptors (Lipinski definition) is 2. The van der Waals surface area contributed by atoms with E-state index in [-0.39, 0.29) is 6.04 Å². The van der Waals surface area contributed by atoms with E-state index in [1.165, 1.54) is 11.1 Å². The summed E-state index contributed by atoms with van der Waals surface area (Å²) in [6.07, 6.45) is 0. The van der Waals surface area contributed by atoms with Crippen molar-refractivity contribution in [1.29, 1.82) is 0 Å². The first kappa shape index (κ1) is 18.3. The van der Waals surface area contributed by atoms with E-state index in [2.05, 4.69) is 55.7 Å². The van der Waals surface area contributed by atoms with Crippen LogP contribution in [0.2, 0.25) is 0 Å². The number of rotatable bonds is 6. The zero-order chi connectivity index (χ0) is 17.5. The highest BCUT2D eigenvalue weighted by atomic mass is 32.1. The van der Waals surface area contributed by atoms with Crippen LogP contribution in [0.15, 0.2) is 48.5 Å². The van der Waals surface area contributed by atoms with Crippen molar-refractivity contribution in [3.8, 4) is 5.75 Å². The highest BCUT2D eigenvalue weighted by Crippen LogP contribution is 2.17. The average Bonchev–Trinajstić information content (AvgIpc) is 2.54. The third-order valence-electron chi connectivity index (χ3n) is 3.73. The van der Waals surface area contributed by atoms with E-state index in [0.29, 0.717) is 17.6 Å². The highest BCUT2D eigenvalue weighted by molar-refractivity contribution is 7.80. The van der Waals surface area contributed by atoms with Gasteiger partial charge in [0.2, 0.25) is 0 Å². The van der Waals surface area contributed by atoms with Gasteiger partial charge in [-0.2, -0.15) is 0 Å². The highest BCUT2D eigenvalue weighted by Gasteiger charge is 2.06. The van der Waals surface area contributed by atoms with E-state index in [4.69, 9.17) is 17.0 Å². The van der Waals surface area contributed by atoms with Gasteiger partial charge in [-0.25, -0.2) is 0 Å². The van der Waals surface area contributed by atoms with Gasteiger partial charge in [0.15, 0.2) is 5.11 Å². The minimum Gasteiger partial charge on any atom is -0.491 e. The Kier molecular flexibility index (Phi) is 6.62. The van der Waals surface area contributed by atoms with Crippen LogP contribution >= 0.6 is 12.2 Å². The van der Waals surface area contributed by atoms with Gasteiger partial charge in [0, 0.05) is 5.69 Å². The van der Waals surface area contributed by atoms with Crippen LogP contribution in [0.5, 0.6) is 5.75 Å². The second-order valence-corrected chi connectivity index (χ2v) is 6.81. The van der Waals surface area contributed by atoms with Crippen molar-refractivity contribution < 1.29 is 4.74 Å². The maximum absolute atomic E-state index is 5.77. The summed E-state index contributed by atoms with van der Waals surface area (Å²) in [5, 5.41) is 7.06. The molecule has 4 heteroatoms. The Balaban J connectivity index is 1.77. The minimum absolute atomic E-state index is 0.112. The maximum Gasteiger partial charge on any atom is 0.171 e. The summed E-state index contributed by atoms with van der Waals surface area (Å²) in [4.78, 5) is 0. The summed E-state index contributed by atoms with van der Waals surface area (Å²) in [7, 11) is 0. The zero-order valence-corrected chi connectivity index (χ0v) is 15.6. The fraction of sp³-hybridized carbons (Fsp3) is 0.350. The van der Waals surface area contributed by atoms with Crippen LogP contribution in [-0.2, 0) is 0 Å². The standard InChI is InChI=1S/C20H26N2OS/c1-14(2)17-7-9-18(10-8-17)22-20(24)21-16(4)13-23-19-11-5-15(3)6-12-19/h5-12,14,16H,13H2,1-4H3,(H2,21,22,24)/t16-/m1/s1. The van der Waals surface area contributed by atoms with Crippen LogP contribution in [0, 0.1) is 6.92 Å². The number of thiocarbonyl (C=S) groups is 1. The topological polar surface area (TPSA) is 33.3 Å². The average molecular weight is 343 g/mol. The Morgan fingerprint density at radius 2 is 1.62 bits per heavy atom. The Morgan fingerprint density at radius 1 is 1.00 bits per heavy atom. The number of hydrogen-bond donors (Lipinski definition) is 2. The molecule has 0 radical (unpaired) electrons. The Morgan fingerprint density at radius 3 is 2.21 bits per heavy atom. The number of benzene rings is 2. The van der Waals surface area contributed by atoms with Gasteiger partial charge in [0.1, 0.15) is 12.4 Å². The van der Waals surface area contributed by atoms with Gasteiger partial charge in [-0.1, -0.05) is 43.7 Å². The normalized spacial score (nSPS) is 11.9. The lowest BCUT2D eigenvalue weighted by Gasteiger charge is -2.18. The second kappa shape index (κ2) is 8.69. The molecule has 2 aromatic rings. The summed E-state index contributed by atoms with van der Waals surface area (Å²) < 4.78 is 5.77. The van der Waals surface area contributed by atoms with E-state index < -0.39 is 0 Å². The van der Waals surface area contributed by atoms with E-state index >= 15 is 0 Å². The fourth-order valence-corrected chi connectivity index (χ4v) is 2.56. The predicted molar refractivity (Wildman–Crippen MR) is 106 cm³/mol. The van der Waals surface area contributed by atoms with Crippen molar-refractivity contribution in [2.75, 3.05) is 11.9 Å². The molecule has 2 rings (SSSR count). The molecule has 0 bridgehead atoms. The van der Waals surface area contributed by atoms with Gasteiger partial charge in [-0.15, -0.1) is 0 Å². The number of anilines is 1. The van der Waals surface area contributed by atoms with Gasteiger partial charge in [0.05, 0.1) is 6.04 Å². The molecule has 0 aromatic heterocycles. The first-order valence-corrected chi connectivity index (χ1v) is 8.72. The van der Waals surface area contributed by atoms with Crippen LogP contribution in [0.1, 0.15) is 37.8 Å². The van der Waals surface area contributed by atoms with E-state index in [1.54, 1.807) is 0 Å². The molecular formula is C20H26N2OS. The maximum atomic E-state index is 5.77. The molecule has 0 amide bonds. The van der Waals surface area contributed by atoms with Gasteiger partial charge in [0.25, 0.3) is 0 Å². The van der Waals surface area contributed by atoms with Crippen molar-refractivity contribution in [3.63, 3.8) is 0 Å². The van der Waals surface area contributed by atoms with E-state index in [9.17, 15) is 0 Å². The van der Waals surface area contributed by atoms with Crippen LogP contribution in [0.25, 0.3) is 0 Å². The SMILES string of the molecule is Cc1ccc(OC[C@@H](C)NC(=S)Nc2ccc(C(C)C)cc2)cc1. The molecule has 0 heterocycles. The summed E-state index contributed by atoms with van der Waals surface area (Å²) in [5.74, 6) is 1.40. The van der Waals surface area contributed by atoms with Crippen LogP contribution in [0.4, 0.5) is 5.69 Å². The lowest BCUT2D eigenvalue weighted by molar-refractivity contribution is 0.287. The molecule has 0 fully saturated rings. The minimum atomic E-state index is 0.112. The van der Waals surface area contributed by atoms with E-state index in [0.717, 1.165) is 11.4 Å². The van der Waals surface area contributed by atoms with Gasteiger partial charge in [-0.05, 0) is 61.8 Å². The van der Waals surface area contributed by atoms with Crippen molar-refractivity contribution in [3.05, 3.63) is 59.7 Å². The molecule has 128 valence electrons. The molecule has 1 atom stereocenters. The first-order valence-electron chi connectivity index (χ1n) is 8.31. The Labute approximate surface area is 150 Å². The molecular weight excluding hydrogens is 316 g/mol. The lowest BCUT2D eigenvalue weighted by atomic mass is 10.0. The smallest absolute Gasteiger partial charge is 0.171 e. The molecule has 2 N–H and O–H groups in total. The lowest BCUT2D eigenvalue weighted by Crippen LogP contribution is -2.39. The summed E-state index contributed by atoms with van der Waals surface area (Å²) in [6, 6.07) is 16.5. The van der Waals surface area contributed by atoms with Crippen LogP contribution < -0.4 is 15.4 Å². The third kappa shape index (κ3) is 5.85. The summed E-state index contributed by atoms with van der Waals surface area (Å²) in [6.45, 7) is 9.03. The van der Waals surface area contributed by atoms with Crippen molar-refractivity contribution in [2.24, 2.45) is 0 Å². The van der Waals surface area contributed by atoms with E-state index in [1.807, 2.05) is 31.2 Å². The molecule has 0 aliphatic rings. The third-order valence-corrected chi connectivity index (χ3v) is 3.95. The molecule has 0 aliphatic heterocycles. The molecule has 0 saturated heterocycles. The van der Waals surface area contributed by atoms with Crippen molar-refractivity contribution in [1.82, 2.24) is 5.32 Å². The van der Waals surface area contributed by atoms with Gasteiger partial charge >= 0.3 is 0 Å². The second-order valence-electron chi connectivity index (χ2n) is 6.40. The first-order chi connectivity index (χ1) is 11.4.